The third-order valence-corrected chi connectivity index (χ3v) is 4.27. The van der Waals surface area contributed by atoms with Crippen molar-refractivity contribution in [3.05, 3.63) is 76.6 Å². The van der Waals surface area contributed by atoms with Gasteiger partial charge in [-0.3, -0.25) is 4.79 Å². The van der Waals surface area contributed by atoms with E-state index in [0.29, 0.717) is 17.0 Å². The van der Waals surface area contributed by atoms with Crippen LogP contribution in [0.4, 0.5) is 0 Å². The molecule has 0 aliphatic rings. The van der Waals surface area contributed by atoms with Crippen molar-refractivity contribution in [2.45, 2.75) is 26.7 Å². The molecule has 3 rings (SSSR count). The number of aromatic carboxylic acids is 1. The van der Waals surface area contributed by atoms with E-state index < -0.39 is 5.97 Å². The number of carbonyl (C=O) groups excluding carboxylic acids is 1. The van der Waals surface area contributed by atoms with E-state index in [0.717, 1.165) is 5.69 Å². The molecule has 0 fully saturated rings. The molecule has 1 heterocycles. The van der Waals surface area contributed by atoms with Crippen LogP contribution in [0.25, 0.3) is 5.69 Å². The quantitative estimate of drug-likeness (QED) is 0.711. The molecule has 26 heavy (non-hydrogen) atoms. The Morgan fingerprint density at radius 1 is 1.08 bits per heavy atom. The first-order chi connectivity index (χ1) is 12.4. The number of aryl methyl sites for hydroxylation is 1. The smallest absolute Gasteiger partial charge is 0.335 e. The highest BCUT2D eigenvalue weighted by Crippen LogP contribution is 2.18. The lowest BCUT2D eigenvalue weighted by atomic mass is 10.0. The molecule has 0 bridgehead atoms. The molecule has 3 aromatic rings. The molecule has 0 amide bonds. The van der Waals surface area contributed by atoms with Gasteiger partial charge in [0.2, 0.25) is 5.78 Å². The van der Waals surface area contributed by atoms with Crippen LogP contribution in [0.2, 0.25) is 0 Å². The Labute approximate surface area is 151 Å². The average molecular weight is 349 g/mol. The number of nitrogens with zero attached hydrogens (tertiary/aromatic N) is 3. The minimum absolute atomic E-state index is 0.176. The lowest BCUT2D eigenvalue weighted by Crippen LogP contribution is -2.05. The maximum Gasteiger partial charge on any atom is 0.335 e. The predicted molar refractivity (Wildman–Crippen MR) is 97.0 cm³/mol. The van der Waals surface area contributed by atoms with Crippen molar-refractivity contribution in [1.82, 2.24) is 15.0 Å². The van der Waals surface area contributed by atoms with Crippen LogP contribution in [0, 0.1) is 6.92 Å². The second kappa shape index (κ2) is 6.92. The van der Waals surface area contributed by atoms with Crippen LogP contribution in [0.15, 0.2) is 48.7 Å². The van der Waals surface area contributed by atoms with Crippen LogP contribution in [0.5, 0.6) is 0 Å². The normalized spacial score (nSPS) is 10.9. The fourth-order valence-corrected chi connectivity index (χ4v) is 2.70. The topological polar surface area (TPSA) is 85.1 Å². The van der Waals surface area contributed by atoms with E-state index >= 15 is 0 Å². The largest absolute Gasteiger partial charge is 0.478 e. The number of benzene rings is 2. The van der Waals surface area contributed by atoms with Crippen LogP contribution in [0.3, 0.4) is 0 Å². The lowest BCUT2D eigenvalue weighted by Gasteiger charge is -2.06. The van der Waals surface area contributed by atoms with Gasteiger partial charge < -0.3 is 5.11 Å². The molecule has 0 spiro atoms. The third kappa shape index (κ3) is 3.39. The van der Waals surface area contributed by atoms with Crippen molar-refractivity contribution in [3.63, 3.8) is 0 Å². The maximum absolute atomic E-state index is 12.6. The molecule has 0 radical (unpaired) electrons. The van der Waals surface area contributed by atoms with E-state index in [1.807, 2.05) is 24.3 Å². The van der Waals surface area contributed by atoms with Gasteiger partial charge in [0.15, 0.2) is 5.69 Å². The summed E-state index contributed by atoms with van der Waals surface area (Å²) < 4.78 is 1.55. The zero-order valence-electron chi connectivity index (χ0n) is 14.8. The molecule has 0 saturated heterocycles. The number of rotatable bonds is 5. The Bertz CT molecular complexity index is 972. The molecule has 0 saturated carbocycles. The fourth-order valence-electron chi connectivity index (χ4n) is 2.70. The third-order valence-electron chi connectivity index (χ3n) is 4.27. The van der Waals surface area contributed by atoms with Gasteiger partial charge in [0.25, 0.3) is 0 Å². The summed E-state index contributed by atoms with van der Waals surface area (Å²) in [6.07, 6.45) is 1.58. The van der Waals surface area contributed by atoms with Crippen LogP contribution in [-0.4, -0.2) is 31.9 Å². The summed E-state index contributed by atoms with van der Waals surface area (Å²) in [7, 11) is 0. The lowest BCUT2D eigenvalue weighted by molar-refractivity contribution is 0.0695. The van der Waals surface area contributed by atoms with Gasteiger partial charge in [-0.25, -0.2) is 9.48 Å². The van der Waals surface area contributed by atoms with Crippen molar-refractivity contribution < 1.29 is 14.7 Å². The number of ketones is 1. The summed E-state index contributed by atoms with van der Waals surface area (Å²) in [5.74, 6) is -0.874. The second-order valence-corrected chi connectivity index (χ2v) is 6.46. The molecule has 132 valence electrons. The number of carboxylic acid groups (broad SMARTS) is 1. The van der Waals surface area contributed by atoms with Crippen molar-refractivity contribution in [3.8, 4) is 5.69 Å². The summed E-state index contributed by atoms with van der Waals surface area (Å²) in [6.45, 7) is 5.91. The zero-order valence-corrected chi connectivity index (χ0v) is 14.8. The number of aromatic nitrogens is 3. The Hall–Kier alpha value is -3.28. The number of carboxylic acids is 1. The monoisotopic (exact) mass is 349 g/mol. The van der Waals surface area contributed by atoms with E-state index in [4.69, 9.17) is 5.11 Å². The highest BCUT2D eigenvalue weighted by molar-refractivity contribution is 6.08. The van der Waals surface area contributed by atoms with E-state index in [9.17, 15) is 9.59 Å². The van der Waals surface area contributed by atoms with Crippen LogP contribution in [-0.2, 0) is 0 Å². The summed E-state index contributed by atoms with van der Waals surface area (Å²) in [4.78, 5) is 23.7. The van der Waals surface area contributed by atoms with E-state index in [2.05, 4.69) is 24.2 Å². The first-order valence-corrected chi connectivity index (χ1v) is 8.28. The van der Waals surface area contributed by atoms with Crippen molar-refractivity contribution >= 4 is 11.8 Å². The predicted octanol–water partition coefficient (Wildman–Crippen LogP) is 3.63. The Kier molecular flexibility index (Phi) is 4.67. The maximum atomic E-state index is 12.6. The molecular weight excluding hydrogens is 330 g/mol. The zero-order chi connectivity index (χ0) is 18.8. The van der Waals surface area contributed by atoms with Gasteiger partial charge in [0, 0.05) is 5.56 Å². The fraction of sp³-hybridized carbons (Fsp3) is 0.200. The molecule has 0 atom stereocenters. The number of hydrogen-bond acceptors (Lipinski definition) is 4. The van der Waals surface area contributed by atoms with Gasteiger partial charge in [0.1, 0.15) is 0 Å². The minimum atomic E-state index is -1.02. The van der Waals surface area contributed by atoms with Gasteiger partial charge in [0.05, 0.1) is 17.4 Å². The summed E-state index contributed by atoms with van der Waals surface area (Å²) in [6, 6.07) is 12.4. The van der Waals surface area contributed by atoms with Crippen molar-refractivity contribution in [2.24, 2.45) is 0 Å². The molecule has 6 nitrogen and oxygen atoms in total. The number of carbonyl (C=O) groups is 2. The Morgan fingerprint density at radius 2 is 1.77 bits per heavy atom. The molecule has 6 heteroatoms. The molecule has 2 aromatic carbocycles. The van der Waals surface area contributed by atoms with Crippen molar-refractivity contribution in [2.75, 3.05) is 0 Å². The molecule has 1 N–H and O–H groups in total. The molecule has 0 aliphatic heterocycles. The first kappa shape index (κ1) is 17.5. The molecular formula is C20H19N3O3. The summed E-state index contributed by atoms with van der Waals surface area (Å²) in [5.41, 5.74) is 3.34. The SMILES string of the molecule is Cc1cc(C(=O)c2cn(-c3ccc(C(C)C)cc3)nn2)ccc1C(=O)O. The van der Waals surface area contributed by atoms with Gasteiger partial charge >= 0.3 is 5.97 Å². The Morgan fingerprint density at radius 3 is 2.35 bits per heavy atom. The van der Waals surface area contributed by atoms with Gasteiger partial charge in [-0.1, -0.05) is 37.3 Å². The summed E-state index contributed by atoms with van der Waals surface area (Å²) >= 11 is 0. The van der Waals surface area contributed by atoms with Crippen LogP contribution in [0.1, 0.15) is 57.3 Å². The van der Waals surface area contributed by atoms with Crippen molar-refractivity contribution in [1.29, 1.82) is 0 Å². The molecule has 1 aromatic heterocycles. The Balaban J connectivity index is 1.86. The van der Waals surface area contributed by atoms with Gasteiger partial charge in [-0.05, 0) is 48.2 Å². The summed E-state index contributed by atoms with van der Waals surface area (Å²) in [5, 5.41) is 17.1. The van der Waals surface area contributed by atoms with E-state index in [1.165, 1.54) is 17.7 Å². The minimum Gasteiger partial charge on any atom is -0.478 e. The standard InChI is InChI=1S/C20H19N3O3/c1-12(2)14-4-7-16(8-5-14)23-11-18(21-22-23)19(24)15-6-9-17(20(25)26)13(3)10-15/h4-12H,1-3H3,(H,25,26). The van der Waals surface area contributed by atoms with Gasteiger partial charge in [-0.15, -0.1) is 5.10 Å². The molecule has 0 unspecified atom stereocenters. The second-order valence-electron chi connectivity index (χ2n) is 6.46. The molecule has 0 aliphatic carbocycles. The first-order valence-electron chi connectivity index (χ1n) is 8.28. The highest BCUT2D eigenvalue weighted by atomic mass is 16.4. The number of hydrogen-bond donors (Lipinski definition) is 1. The van der Waals surface area contributed by atoms with Crippen LogP contribution >= 0.6 is 0 Å². The van der Waals surface area contributed by atoms with E-state index in [-0.39, 0.29) is 17.0 Å². The average Bonchev–Trinajstić information content (AvgIpc) is 3.10. The highest BCUT2D eigenvalue weighted by Gasteiger charge is 2.16. The van der Waals surface area contributed by atoms with Crippen LogP contribution < -0.4 is 0 Å². The van der Waals surface area contributed by atoms with E-state index in [1.54, 1.807) is 23.9 Å². The van der Waals surface area contributed by atoms with Gasteiger partial charge in [-0.2, -0.15) is 0 Å².